The summed E-state index contributed by atoms with van der Waals surface area (Å²) in [5.41, 5.74) is 3.37. The average Bonchev–Trinajstić information content (AvgIpc) is 3.01. The predicted molar refractivity (Wildman–Crippen MR) is 162 cm³/mol. The summed E-state index contributed by atoms with van der Waals surface area (Å²) in [5, 5.41) is 1.07. The van der Waals surface area contributed by atoms with Crippen LogP contribution in [0.15, 0.2) is 65.6 Å². The highest BCUT2D eigenvalue weighted by atomic mass is 35.5. The summed E-state index contributed by atoms with van der Waals surface area (Å²) < 4.78 is 19.1. The van der Waals surface area contributed by atoms with Gasteiger partial charge in [-0.1, -0.05) is 55.7 Å². The van der Waals surface area contributed by atoms with E-state index in [1.807, 2.05) is 18.2 Å². The standard InChI is InChI=1S/C33H36ClN3O5/c1-39-28-18-24(20-37(40-2)31(28)38)23-14-15-27-26(17-23)30(36-32(34)35-27)33(19-22-9-8-10-22,25-11-4-3-5-12-25)21-42-29-13-6-7-16-41-29/h3-5,11-12,14-15,17-18,20,22,29H,6-10,13,16,19,21H2,1-2H3. The lowest BCUT2D eigenvalue weighted by molar-refractivity contribution is -0.171. The Balaban J connectivity index is 1.55. The molecule has 3 heterocycles. The Morgan fingerprint density at radius 3 is 2.52 bits per heavy atom. The molecular formula is C33H36ClN3O5. The summed E-state index contributed by atoms with van der Waals surface area (Å²) in [4.78, 5) is 27.5. The zero-order valence-corrected chi connectivity index (χ0v) is 24.8. The molecule has 2 atom stereocenters. The molecule has 2 aromatic carbocycles. The first kappa shape index (κ1) is 28.6. The van der Waals surface area contributed by atoms with E-state index in [2.05, 4.69) is 35.3 Å². The first-order valence-electron chi connectivity index (χ1n) is 14.6. The van der Waals surface area contributed by atoms with Crippen LogP contribution in [-0.4, -0.2) is 48.4 Å². The number of rotatable bonds is 10. The van der Waals surface area contributed by atoms with Crippen LogP contribution in [0.3, 0.4) is 0 Å². The summed E-state index contributed by atoms with van der Waals surface area (Å²) in [6.07, 6.45) is 8.89. The van der Waals surface area contributed by atoms with Gasteiger partial charge in [0.25, 0.3) is 0 Å². The van der Waals surface area contributed by atoms with Gasteiger partial charge >= 0.3 is 5.56 Å². The molecule has 0 spiro atoms. The molecule has 6 rings (SSSR count). The number of hydrogen-bond acceptors (Lipinski definition) is 7. The molecule has 9 heteroatoms. The molecule has 2 aromatic heterocycles. The zero-order chi connectivity index (χ0) is 29.1. The van der Waals surface area contributed by atoms with Crippen LogP contribution in [0.1, 0.15) is 56.2 Å². The summed E-state index contributed by atoms with van der Waals surface area (Å²) >= 11 is 6.65. The minimum Gasteiger partial charge on any atom is -0.491 e. The first-order chi connectivity index (χ1) is 20.5. The minimum absolute atomic E-state index is 0.187. The molecule has 2 fully saturated rings. The van der Waals surface area contributed by atoms with Gasteiger partial charge in [-0.25, -0.2) is 9.97 Å². The molecule has 2 unspecified atom stereocenters. The minimum atomic E-state index is -0.584. The van der Waals surface area contributed by atoms with Gasteiger partial charge in [-0.05, 0) is 72.5 Å². The molecule has 220 valence electrons. The molecule has 0 N–H and O–H groups in total. The molecule has 1 saturated heterocycles. The number of halogens is 1. The fraction of sp³-hybridized carbons (Fsp3) is 0.424. The second-order valence-electron chi connectivity index (χ2n) is 11.2. The SMILES string of the molecule is COc1cc(-c2ccc3nc(Cl)nc(C(COC4CCCCO4)(CC4CCC4)c4ccccc4)c3c2)cn(OC)c1=O. The van der Waals surface area contributed by atoms with Gasteiger partial charge < -0.3 is 19.0 Å². The third-order valence-electron chi connectivity index (χ3n) is 8.67. The van der Waals surface area contributed by atoms with E-state index in [1.54, 1.807) is 12.3 Å². The van der Waals surface area contributed by atoms with Crippen LogP contribution in [0.5, 0.6) is 5.75 Å². The van der Waals surface area contributed by atoms with Gasteiger partial charge in [-0.15, -0.1) is 4.73 Å². The highest BCUT2D eigenvalue weighted by Gasteiger charge is 2.42. The van der Waals surface area contributed by atoms with Gasteiger partial charge in [0, 0.05) is 17.6 Å². The van der Waals surface area contributed by atoms with Crippen LogP contribution in [0, 0.1) is 5.92 Å². The van der Waals surface area contributed by atoms with Crippen LogP contribution >= 0.6 is 11.6 Å². The van der Waals surface area contributed by atoms with Gasteiger partial charge in [0.15, 0.2) is 12.0 Å². The van der Waals surface area contributed by atoms with Crippen LogP contribution < -0.4 is 15.1 Å². The Hall–Kier alpha value is -3.46. The molecule has 4 aromatic rings. The quantitative estimate of drug-likeness (QED) is 0.204. The summed E-state index contributed by atoms with van der Waals surface area (Å²) in [7, 11) is 2.92. The lowest BCUT2D eigenvalue weighted by Crippen LogP contribution is -2.40. The van der Waals surface area contributed by atoms with Gasteiger partial charge in [-0.2, -0.15) is 0 Å². The molecule has 1 aliphatic carbocycles. The Bertz CT molecular complexity index is 1570. The summed E-state index contributed by atoms with van der Waals surface area (Å²) in [6.45, 7) is 1.12. The molecule has 1 aliphatic heterocycles. The second kappa shape index (κ2) is 12.4. The average molecular weight is 590 g/mol. The third kappa shape index (κ3) is 5.63. The summed E-state index contributed by atoms with van der Waals surface area (Å²) in [6, 6.07) is 18.2. The topological polar surface area (TPSA) is 84.7 Å². The van der Waals surface area contributed by atoms with Crippen molar-refractivity contribution >= 4 is 22.5 Å². The van der Waals surface area contributed by atoms with Crippen LogP contribution in [0.2, 0.25) is 5.28 Å². The van der Waals surface area contributed by atoms with E-state index in [-0.39, 0.29) is 22.9 Å². The molecular weight excluding hydrogens is 554 g/mol. The maximum Gasteiger partial charge on any atom is 0.325 e. The third-order valence-corrected chi connectivity index (χ3v) is 8.84. The maximum atomic E-state index is 12.6. The highest BCUT2D eigenvalue weighted by Crippen LogP contribution is 2.46. The molecule has 0 amide bonds. The number of aromatic nitrogens is 3. The Morgan fingerprint density at radius 1 is 1.00 bits per heavy atom. The highest BCUT2D eigenvalue weighted by molar-refractivity contribution is 6.28. The normalized spacial score (nSPS) is 18.8. The van der Waals surface area contributed by atoms with Gasteiger partial charge in [-0.3, -0.25) is 4.79 Å². The van der Waals surface area contributed by atoms with Crippen molar-refractivity contribution in [3.63, 3.8) is 0 Å². The van der Waals surface area contributed by atoms with Crippen molar-refractivity contribution in [3.8, 4) is 16.9 Å². The van der Waals surface area contributed by atoms with E-state index < -0.39 is 5.41 Å². The van der Waals surface area contributed by atoms with Crippen molar-refractivity contribution in [1.82, 2.24) is 14.7 Å². The number of pyridine rings is 1. The number of hydrogen-bond donors (Lipinski definition) is 0. The van der Waals surface area contributed by atoms with Gasteiger partial charge in [0.1, 0.15) is 7.11 Å². The van der Waals surface area contributed by atoms with Crippen molar-refractivity contribution < 1.29 is 19.0 Å². The van der Waals surface area contributed by atoms with E-state index in [9.17, 15) is 4.79 Å². The number of benzene rings is 2. The summed E-state index contributed by atoms with van der Waals surface area (Å²) in [5.74, 6) is 0.731. The smallest absolute Gasteiger partial charge is 0.325 e. The monoisotopic (exact) mass is 589 g/mol. The fourth-order valence-corrected chi connectivity index (χ4v) is 6.38. The second-order valence-corrected chi connectivity index (χ2v) is 11.6. The fourth-order valence-electron chi connectivity index (χ4n) is 6.20. The van der Waals surface area contributed by atoms with E-state index >= 15 is 0 Å². The van der Waals surface area contributed by atoms with Crippen molar-refractivity contribution in [2.24, 2.45) is 5.92 Å². The number of nitrogens with zero attached hydrogens (tertiary/aromatic N) is 3. The van der Waals surface area contributed by atoms with E-state index in [4.69, 9.17) is 35.6 Å². The molecule has 0 bridgehead atoms. The van der Waals surface area contributed by atoms with Gasteiger partial charge in [0.2, 0.25) is 5.28 Å². The predicted octanol–water partition coefficient (Wildman–Crippen LogP) is 6.20. The van der Waals surface area contributed by atoms with Crippen molar-refractivity contribution in [1.29, 1.82) is 0 Å². The number of ether oxygens (including phenoxy) is 3. The van der Waals surface area contributed by atoms with Crippen LogP contribution in [0.25, 0.3) is 22.0 Å². The van der Waals surface area contributed by atoms with Crippen LogP contribution in [-0.2, 0) is 14.9 Å². The maximum absolute atomic E-state index is 12.6. The molecule has 0 radical (unpaired) electrons. The first-order valence-corrected chi connectivity index (χ1v) is 15.0. The molecule has 8 nitrogen and oxygen atoms in total. The lowest BCUT2D eigenvalue weighted by atomic mass is 9.66. The van der Waals surface area contributed by atoms with E-state index in [0.29, 0.717) is 19.1 Å². The van der Waals surface area contributed by atoms with Crippen LogP contribution in [0.4, 0.5) is 0 Å². The Morgan fingerprint density at radius 2 is 1.83 bits per heavy atom. The number of methoxy groups -OCH3 is 1. The van der Waals surface area contributed by atoms with Crippen molar-refractivity contribution in [2.45, 2.75) is 56.7 Å². The number of fused-ring (bicyclic) bond motifs is 1. The van der Waals surface area contributed by atoms with Crippen molar-refractivity contribution in [2.75, 3.05) is 27.4 Å². The Kier molecular flexibility index (Phi) is 8.47. The van der Waals surface area contributed by atoms with Crippen molar-refractivity contribution in [3.05, 3.63) is 87.7 Å². The molecule has 42 heavy (non-hydrogen) atoms. The molecule has 2 aliphatic rings. The van der Waals surface area contributed by atoms with E-state index in [0.717, 1.165) is 59.0 Å². The van der Waals surface area contributed by atoms with Gasteiger partial charge in [0.05, 0.1) is 36.5 Å². The Labute approximate surface area is 250 Å². The van der Waals surface area contributed by atoms with E-state index in [1.165, 1.54) is 38.2 Å². The lowest BCUT2D eigenvalue weighted by Gasteiger charge is -2.41. The molecule has 1 saturated carbocycles. The zero-order valence-electron chi connectivity index (χ0n) is 24.1. The largest absolute Gasteiger partial charge is 0.491 e.